The number of carbonyl (C=O) groups excluding carboxylic acids is 2. The average Bonchev–Trinajstić information content (AvgIpc) is 3.16. The van der Waals surface area contributed by atoms with Crippen LogP contribution >= 0.6 is 11.3 Å². The van der Waals surface area contributed by atoms with Crippen molar-refractivity contribution in [1.82, 2.24) is 15.8 Å². The Morgan fingerprint density at radius 1 is 1.15 bits per heavy atom. The molecule has 0 aliphatic carbocycles. The van der Waals surface area contributed by atoms with Gasteiger partial charge in [-0.2, -0.15) is 13.2 Å². The Morgan fingerprint density at radius 2 is 1.85 bits per heavy atom. The van der Waals surface area contributed by atoms with Crippen molar-refractivity contribution in [2.24, 2.45) is 0 Å². The van der Waals surface area contributed by atoms with Crippen molar-refractivity contribution < 1.29 is 27.5 Å². The maximum Gasteiger partial charge on any atom is 0.416 e. The zero-order valence-electron chi connectivity index (χ0n) is 13.9. The van der Waals surface area contributed by atoms with Crippen LogP contribution in [0.2, 0.25) is 0 Å². The maximum absolute atomic E-state index is 12.7. The molecule has 144 valence electrons. The minimum absolute atomic E-state index is 0.103. The molecule has 2 heterocycles. The number of amides is 2. The van der Waals surface area contributed by atoms with E-state index in [1.54, 1.807) is 0 Å². The summed E-state index contributed by atoms with van der Waals surface area (Å²) in [4.78, 5) is 30.3. The van der Waals surface area contributed by atoms with Crippen LogP contribution in [-0.2, 0) is 10.9 Å². The highest BCUT2D eigenvalue weighted by atomic mass is 32.1. The molecule has 2 amide bonds. The molecule has 0 unspecified atom stereocenters. The van der Waals surface area contributed by atoms with Crippen LogP contribution in [0.15, 0.2) is 29.6 Å². The second kappa shape index (κ2) is 7.92. The van der Waals surface area contributed by atoms with E-state index < -0.39 is 23.6 Å². The number of rotatable bonds is 3. The summed E-state index contributed by atoms with van der Waals surface area (Å²) >= 11 is 1.28. The second-order valence-corrected chi connectivity index (χ2v) is 6.44. The van der Waals surface area contributed by atoms with E-state index in [0.717, 1.165) is 12.1 Å². The topological polar surface area (TPSA) is 83.6 Å². The third-order valence-corrected chi connectivity index (χ3v) is 4.65. The third-order valence-electron chi connectivity index (χ3n) is 3.75. The van der Waals surface area contributed by atoms with E-state index in [1.807, 2.05) is 4.90 Å². The number of aromatic nitrogens is 1. The number of ether oxygens (including phenoxy) is 1. The fourth-order valence-corrected chi connectivity index (χ4v) is 3.21. The second-order valence-electron chi connectivity index (χ2n) is 5.60. The van der Waals surface area contributed by atoms with Gasteiger partial charge in [0.05, 0.1) is 18.8 Å². The molecule has 0 bridgehead atoms. The van der Waals surface area contributed by atoms with E-state index in [9.17, 15) is 22.8 Å². The van der Waals surface area contributed by atoms with Gasteiger partial charge in [-0.25, -0.2) is 4.98 Å². The molecule has 1 saturated heterocycles. The van der Waals surface area contributed by atoms with Gasteiger partial charge in [0.25, 0.3) is 11.8 Å². The molecule has 7 nitrogen and oxygen atoms in total. The molecule has 1 aromatic heterocycles. The normalized spacial score (nSPS) is 14.7. The standard InChI is InChI=1S/C16H15F3N4O3S/c17-16(18,19)11-3-1-2-10(8-11)13(24)21-22-14(25)12-9-27-15(20-12)23-4-6-26-7-5-23/h1-3,8-9H,4-7H2,(H,21,24)(H,22,25). The van der Waals surface area contributed by atoms with Crippen LogP contribution in [0.1, 0.15) is 26.4 Å². The minimum atomic E-state index is -4.56. The zero-order chi connectivity index (χ0) is 19.4. The van der Waals surface area contributed by atoms with E-state index in [2.05, 4.69) is 15.8 Å². The lowest BCUT2D eigenvalue weighted by atomic mass is 10.1. The van der Waals surface area contributed by atoms with Gasteiger partial charge in [-0.05, 0) is 18.2 Å². The van der Waals surface area contributed by atoms with Gasteiger partial charge in [0, 0.05) is 24.0 Å². The summed E-state index contributed by atoms with van der Waals surface area (Å²) in [5.74, 6) is -1.52. The molecular formula is C16H15F3N4O3S. The van der Waals surface area contributed by atoms with Gasteiger partial charge < -0.3 is 9.64 Å². The first-order valence-electron chi connectivity index (χ1n) is 7.91. The number of carbonyl (C=O) groups is 2. The van der Waals surface area contributed by atoms with Gasteiger partial charge in [0.15, 0.2) is 5.13 Å². The molecule has 0 radical (unpaired) electrons. The fourth-order valence-electron chi connectivity index (χ4n) is 2.35. The lowest BCUT2D eigenvalue weighted by Crippen LogP contribution is -2.42. The smallest absolute Gasteiger partial charge is 0.378 e. The number of morpholine rings is 1. The van der Waals surface area contributed by atoms with Crippen LogP contribution in [-0.4, -0.2) is 43.1 Å². The number of anilines is 1. The zero-order valence-corrected chi connectivity index (χ0v) is 14.7. The Kier molecular flexibility index (Phi) is 5.61. The fraction of sp³-hybridized carbons (Fsp3) is 0.312. The van der Waals surface area contributed by atoms with E-state index in [4.69, 9.17) is 4.74 Å². The number of hydrogen-bond acceptors (Lipinski definition) is 6. The van der Waals surface area contributed by atoms with Crippen molar-refractivity contribution in [3.8, 4) is 0 Å². The van der Waals surface area contributed by atoms with Crippen molar-refractivity contribution in [1.29, 1.82) is 0 Å². The molecule has 0 spiro atoms. The molecular weight excluding hydrogens is 385 g/mol. The van der Waals surface area contributed by atoms with Crippen LogP contribution in [0.5, 0.6) is 0 Å². The molecule has 0 saturated carbocycles. The van der Waals surface area contributed by atoms with E-state index in [1.165, 1.54) is 22.8 Å². The molecule has 11 heteroatoms. The van der Waals surface area contributed by atoms with E-state index in [0.29, 0.717) is 37.5 Å². The molecule has 1 aromatic carbocycles. The number of halogens is 3. The molecule has 1 aliphatic rings. The molecule has 1 fully saturated rings. The highest BCUT2D eigenvalue weighted by Gasteiger charge is 2.31. The Bertz CT molecular complexity index is 834. The summed E-state index contributed by atoms with van der Waals surface area (Å²) < 4.78 is 43.4. The van der Waals surface area contributed by atoms with Crippen LogP contribution < -0.4 is 15.8 Å². The number of hydrogen-bond donors (Lipinski definition) is 2. The monoisotopic (exact) mass is 400 g/mol. The van der Waals surface area contributed by atoms with E-state index >= 15 is 0 Å². The SMILES string of the molecule is O=C(NNC(=O)c1csc(N2CCOCC2)n1)c1cccc(C(F)(F)F)c1. The minimum Gasteiger partial charge on any atom is -0.378 e. The number of nitrogens with zero attached hydrogens (tertiary/aromatic N) is 2. The number of benzene rings is 1. The largest absolute Gasteiger partial charge is 0.416 e. The lowest BCUT2D eigenvalue weighted by molar-refractivity contribution is -0.137. The first kappa shape index (κ1) is 19.1. The van der Waals surface area contributed by atoms with Crippen molar-refractivity contribution in [2.75, 3.05) is 31.2 Å². The molecule has 3 rings (SSSR count). The average molecular weight is 400 g/mol. The quantitative estimate of drug-likeness (QED) is 0.771. The van der Waals surface area contributed by atoms with Gasteiger partial charge in [-0.3, -0.25) is 20.4 Å². The van der Waals surface area contributed by atoms with Crippen molar-refractivity contribution in [3.05, 3.63) is 46.5 Å². The third kappa shape index (κ3) is 4.74. The van der Waals surface area contributed by atoms with Crippen LogP contribution in [0.25, 0.3) is 0 Å². The van der Waals surface area contributed by atoms with Gasteiger partial charge in [-0.1, -0.05) is 6.07 Å². The van der Waals surface area contributed by atoms with Gasteiger partial charge in [-0.15, -0.1) is 11.3 Å². The predicted octanol–water partition coefficient (Wildman–Crippen LogP) is 2.07. The summed E-state index contributed by atoms with van der Waals surface area (Å²) in [5, 5.41) is 2.20. The van der Waals surface area contributed by atoms with Crippen LogP contribution in [0.3, 0.4) is 0 Å². The molecule has 0 atom stereocenters. The van der Waals surface area contributed by atoms with Crippen molar-refractivity contribution in [2.45, 2.75) is 6.18 Å². The van der Waals surface area contributed by atoms with Crippen LogP contribution in [0, 0.1) is 0 Å². The first-order chi connectivity index (χ1) is 12.8. The Labute approximate surface area is 156 Å². The van der Waals surface area contributed by atoms with Gasteiger partial charge in [0.2, 0.25) is 0 Å². The number of nitrogens with one attached hydrogen (secondary N) is 2. The van der Waals surface area contributed by atoms with Crippen molar-refractivity contribution >= 4 is 28.3 Å². The number of thiazole rings is 1. The highest BCUT2D eigenvalue weighted by Crippen LogP contribution is 2.29. The Hall–Kier alpha value is -2.66. The number of hydrazine groups is 1. The maximum atomic E-state index is 12.7. The molecule has 27 heavy (non-hydrogen) atoms. The lowest BCUT2D eigenvalue weighted by Gasteiger charge is -2.25. The molecule has 1 aliphatic heterocycles. The highest BCUT2D eigenvalue weighted by molar-refractivity contribution is 7.13. The predicted molar refractivity (Wildman–Crippen MR) is 91.5 cm³/mol. The summed E-state index contributed by atoms with van der Waals surface area (Å²) in [5.41, 5.74) is 3.17. The van der Waals surface area contributed by atoms with Crippen LogP contribution in [0.4, 0.5) is 18.3 Å². The summed E-state index contributed by atoms with van der Waals surface area (Å²) in [6, 6.07) is 3.91. The Balaban J connectivity index is 1.59. The number of alkyl halides is 3. The summed E-state index contributed by atoms with van der Waals surface area (Å²) in [6.07, 6.45) is -4.56. The summed E-state index contributed by atoms with van der Waals surface area (Å²) in [7, 11) is 0. The Morgan fingerprint density at radius 3 is 2.56 bits per heavy atom. The van der Waals surface area contributed by atoms with E-state index in [-0.39, 0.29) is 11.3 Å². The summed E-state index contributed by atoms with van der Waals surface area (Å²) in [6.45, 7) is 2.49. The molecule has 2 aromatic rings. The van der Waals surface area contributed by atoms with Gasteiger partial charge in [0.1, 0.15) is 5.69 Å². The van der Waals surface area contributed by atoms with Gasteiger partial charge >= 0.3 is 6.18 Å². The first-order valence-corrected chi connectivity index (χ1v) is 8.79. The van der Waals surface area contributed by atoms with Crippen molar-refractivity contribution in [3.63, 3.8) is 0 Å². The molecule has 2 N–H and O–H groups in total.